The molecule has 0 unspecified atom stereocenters. The Labute approximate surface area is 205 Å². The Morgan fingerprint density at radius 1 is 1.34 bits per heavy atom. The first-order valence-electron chi connectivity index (χ1n) is 12.2. The van der Waals surface area contributed by atoms with Gasteiger partial charge in [-0.2, -0.15) is 5.26 Å². The van der Waals surface area contributed by atoms with Crippen LogP contribution < -0.4 is 21.9 Å². The highest BCUT2D eigenvalue weighted by Gasteiger charge is 2.33. The van der Waals surface area contributed by atoms with Crippen LogP contribution in [0.25, 0.3) is 0 Å². The van der Waals surface area contributed by atoms with Gasteiger partial charge in [-0.1, -0.05) is 44.4 Å². The molecule has 1 amide bonds. The second kappa shape index (κ2) is 12.2. The van der Waals surface area contributed by atoms with Crippen LogP contribution in [0.3, 0.4) is 0 Å². The summed E-state index contributed by atoms with van der Waals surface area (Å²) in [5.74, 6) is -0.225. The molecule has 1 heterocycles. The topological polar surface area (TPSA) is 128 Å². The molecule has 0 saturated heterocycles. The van der Waals surface area contributed by atoms with Crippen LogP contribution in [0.4, 0.5) is 11.5 Å². The van der Waals surface area contributed by atoms with Crippen LogP contribution in [0.5, 0.6) is 0 Å². The maximum atomic E-state index is 13.7. The molecule has 0 atom stereocenters. The van der Waals surface area contributed by atoms with E-state index in [4.69, 9.17) is 5.73 Å². The Morgan fingerprint density at radius 3 is 2.74 bits per heavy atom. The van der Waals surface area contributed by atoms with Gasteiger partial charge in [0.15, 0.2) is 5.69 Å². The van der Waals surface area contributed by atoms with Gasteiger partial charge in [-0.05, 0) is 37.0 Å². The predicted molar refractivity (Wildman–Crippen MR) is 137 cm³/mol. The molecule has 1 aromatic heterocycles. The average molecular weight is 479 g/mol. The Bertz CT molecular complexity index is 1200. The summed E-state index contributed by atoms with van der Waals surface area (Å²) in [6, 6.07) is 9.22. The number of H-pyrrole nitrogens is 1. The van der Waals surface area contributed by atoms with E-state index in [-0.39, 0.29) is 30.0 Å². The van der Waals surface area contributed by atoms with Crippen molar-refractivity contribution in [3.8, 4) is 6.07 Å². The highest BCUT2D eigenvalue weighted by atomic mass is 16.2. The van der Waals surface area contributed by atoms with Crippen molar-refractivity contribution in [2.45, 2.75) is 64.6 Å². The van der Waals surface area contributed by atoms with E-state index in [0.29, 0.717) is 25.2 Å². The maximum Gasteiger partial charge on any atom is 0.330 e. The first-order valence-corrected chi connectivity index (χ1v) is 12.2. The molecule has 1 fully saturated rings. The van der Waals surface area contributed by atoms with E-state index < -0.39 is 11.2 Å². The minimum atomic E-state index is -0.641. The number of nitrogens with one attached hydrogen (secondary N) is 1. The summed E-state index contributed by atoms with van der Waals surface area (Å²) in [5, 5.41) is 9.20. The van der Waals surface area contributed by atoms with Crippen LogP contribution in [0.15, 0.2) is 46.5 Å². The molecule has 9 nitrogen and oxygen atoms in total. The summed E-state index contributed by atoms with van der Waals surface area (Å²) in [6.07, 6.45) is 6.75. The lowest BCUT2D eigenvalue weighted by Crippen LogP contribution is -2.49. The van der Waals surface area contributed by atoms with Crippen molar-refractivity contribution >= 4 is 17.4 Å². The lowest BCUT2D eigenvalue weighted by molar-refractivity contribution is -0.120. The first-order chi connectivity index (χ1) is 16.9. The molecule has 0 spiro atoms. The molecular weight excluding hydrogens is 444 g/mol. The van der Waals surface area contributed by atoms with Gasteiger partial charge in [0.2, 0.25) is 5.91 Å². The SMILES string of the molecule is C=CCN(CC(=O)N(c1c(N)n(CCCC)c(=O)[nH]c1=O)C1CCCC1)Cc1cccc(C#N)c1. The zero-order valence-electron chi connectivity index (χ0n) is 20.3. The molecule has 1 saturated carbocycles. The highest BCUT2D eigenvalue weighted by molar-refractivity contribution is 5.97. The number of benzene rings is 1. The number of amides is 1. The Balaban J connectivity index is 1.96. The lowest BCUT2D eigenvalue weighted by Gasteiger charge is -2.32. The Morgan fingerprint density at radius 2 is 2.09 bits per heavy atom. The van der Waals surface area contributed by atoms with Crippen molar-refractivity contribution in [3.63, 3.8) is 0 Å². The van der Waals surface area contributed by atoms with Gasteiger partial charge in [-0.3, -0.25) is 24.0 Å². The van der Waals surface area contributed by atoms with Crippen LogP contribution in [-0.4, -0.2) is 39.5 Å². The van der Waals surface area contributed by atoms with Crippen LogP contribution in [0.1, 0.15) is 56.6 Å². The third kappa shape index (κ3) is 6.28. The number of anilines is 2. The van der Waals surface area contributed by atoms with E-state index in [1.54, 1.807) is 18.2 Å². The normalized spacial score (nSPS) is 13.6. The summed E-state index contributed by atoms with van der Waals surface area (Å²) in [6.45, 7) is 7.10. The van der Waals surface area contributed by atoms with Gasteiger partial charge in [0.05, 0.1) is 18.2 Å². The number of rotatable bonds is 11. The molecule has 0 aliphatic heterocycles. The third-order valence-corrected chi connectivity index (χ3v) is 6.36. The average Bonchev–Trinajstić information content (AvgIpc) is 3.36. The molecule has 1 aliphatic carbocycles. The standard InChI is InChI=1S/C26H34N6O3/c1-3-5-14-31-24(28)23(25(34)29-26(31)35)32(21-11-6-7-12-21)22(33)18-30(13-4-2)17-20-10-8-9-19(15-20)16-27/h4,8-10,15,21H,2-3,5-7,11-14,17-18,28H2,1H3,(H,29,34,35). The van der Waals surface area contributed by atoms with Crippen molar-refractivity contribution in [2.75, 3.05) is 23.7 Å². The summed E-state index contributed by atoms with van der Waals surface area (Å²) in [4.78, 5) is 44.9. The summed E-state index contributed by atoms with van der Waals surface area (Å²) >= 11 is 0. The van der Waals surface area contributed by atoms with Gasteiger partial charge >= 0.3 is 5.69 Å². The minimum absolute atomic E-state index is 0.0319. The fourth-order valence-corrected chi connectivity index (χ4v) is 4.65. The number of aromatic nitrogens is 2. The zero-order valence-corrected chi connectivity index (χ0v) is 20.3. The number of carbonyl (C=O) groups is 1. The van der Waals surface area contributed by atoms with Crippen LogP contribution in [0, 0.1) is 11.3 Å². The second-order valence-corrected chi connectivity index (χ2v) is 8.97. The zero-order chi connectivity index (χ0) is 25.4. The van der Waals surface area contributed by atoms with E-state index in [0.717, 1.165) is 44.1 Å². The summed E-state index contributed by atoms with van der Waals surface area (Å²) in [5.41, 5.74) is 6.67. The van der Waals surface area contributed by atoms with E-state index in [9.17, 15) is 19.6 Å². The number of nitrogens with zero attached hydrogens (tertiary/aromatic N) is 4. The van der Waals surface area contributed by atoms with Gasteiger partial charge < -0.3 is 10.6 Å². The Hall–Kier alpha value is -3.64. The van der Waals surface area contributed by atoms with Crippen LogP contribution in [-0.2, 0) is 17.9 Å². The van der Waals surface area contributed by atoms with E-state index >= 15 is 0 Å². The van der Waals surface area contributed by atoms with Gasteiger partial charge in [-0.15, -0.1) is 6.58 Å². The quantitative estimate of drug-likeness (QED) is 0.478. The molecule has 186 valence electrons. The fourth-order valence-electron chi connectivity index (χ4n) is 4.65. The van der Waals surface area contributed by atoms with Gasteiger partial charge in [-0.25, -0.2) is 4.79 Å². The van der Waals surface area contributed by atoms with E-state index in [1.165, 1.54) is 9.47 Å². The smallest absolute Gasteiger partial charge is 0.330 e. The molecule has 9 heteroatoms. The number of aromatic amines is 1. The number of nitrogen functional groups attached to an aromatic ring is 1. The number of hydrogen-bond donors (Lipinski definition) is 2. The van der Waals surface area contributed by atoms with Gasteiger partial charge in [0, 0.05) is 25.7 Å². The third-order valence-electron chi connectivity index (χ3n) is 6.36. The molecule has 0 radical (unpaired) electrons. The largest absolute Gasteiger partial charge is 0.383 e. The molecule has 35 heavy (non-hydrogen) atoms. The van der Waals surface area contributed by atoms with Gasteiger partial charge in [0.1, 0.15) is 5.82 Å². The number of nitrogens with two attached hydrogens (primary N) is 1. The number of unbranched alkanes of at least 4 members (excludes halogenated alkanes) is 1. The molecule has 3 rings (SSSR count). The number of nitriles is 1. The van der Waals surface area contributed by atoms with Crippen molar-refractivity contribution in [2.24, 2.45) is 0 Å². The predicted octanol–water partition coefficient (Wildman–Crippen LogP) is 2.75. The van der Waals surface area contributed by atoms with E-state index in [1.807, 2.05) is 24.0 Å². The molecule has 0 bridgehead atoms. The minimum Gasteiger partial charge on any atom is -0.383 e. The van der Waals surface area contributed by atoms with Crippen molar-refractivity contribution in [3.05, 3.63) is 68.9 Å². The Kier molecular flexibility index (Phi) is 9.04. The fraction of sp³-hybridized carbons (Fsp3) is 0.462. The molecular formula is C26H34N6O3. The van der Waals surface area contributed by atoms with Crippen molar-refractivity contribution < 1.29 is 4.79 Å². The van der Waals surface area contributed by atoms with Gasteiger partial charge in [0.25, 0.3) is 5.56 Å². The highest BCUT2D eigenvalue weighted by Crippen LogP contribution is 2.29. The molecule has 1 aromatic carbocycles. The van der Waals surface area contributed by atoms with Crippen molar-refractivity contribution in [1.82, 2.24) is 14.5 Å². The van der Waals surface area contributed by atoms with Crippen LogP contribution >= 0.6 is 0 Å². The number of hydrogen-bond acceptors (Lipinski definition) is 6. The summed E-state index contributed by atoms with van der Waals surface area (Å²) in [7, 11) is 0. The van der Waals surface area contributed by atoms with Crippen LogP contribution in [0.2, 0.25) is 0 Å². The summed E-state index contributed by atoms with van der Waals surface area (Å²) < 4.78 is 1.35. The van der Waals surface area contributed by atoms with Crippen molar-refractivity contribution in [1.29, 1.82) is 5.26 Å². The first kappa shape index (κ1) is 26.0. The maximum absolute atomic E-state index is 13.7. The second-order valence-electron chi connectivity index (χ2n) is 8.97. The van der Waals surface area contributed by atoms with E-state index in [2.05, 4.69) is 17.6 Å². The molecule has 1 aliphatic rings. The molecule has 3 N–H and O–H groups in total. The molecule has 2 aromatic rings. The number of carbonyl (C=O) groups excluding carboxylic acids is 1. The monoisotopic (exact) mass is 478 g/mol. The lowest BCUT2D eigenvalue weighted by atomic mass is 10.1.